The maximum Gasteiger partial charge on any atom is 0.416 e. The summed E-state index contributed by atoms with van der Waals surface area (Å²) in [5.41, 5.74) is 5.18. The average molecular weight is 432 g/mol. The van der Waals surface area contributed by atoms with Crippen LogP contribution in [0.15, 0.2) is 48.9 Å². The van der Waals surface area contributed by atoms with Crippen molar-refractivity contribution in [3.05, 3.63) is 70.0 Å². The third kappa shape index (κ3) is 4.28. The zero-order valence-corrected chi connectivity index (χ0v) is 15.6. The van der Waals surface area contributed by atoms with Crippen molar-refractivity contribution in [3.63, 3.8) is 0 Å². The number of halogens is 5. The molecule has 0 bridgehead atoms. The number of rotatable bonds is 3. The maximum atomic E-state index is 12.9. The van der Waals surface area contributed by atoms with E-state index in [2.05, 4.69) is 5.32 Å². The van der Waals surface area contributed by atoms with E-state index >= 15 is 0 Å². The summed E-state index contributed by atoms with van der Waals surface area (Å²) in [6, 6.07) is 6.96. The molecule has 0 spiro atoms. The Morgan fingerprint density at radius 2 is 1.89 bits per heavy atom. The van der Waals surface area contributed by atoms with Gasteiger partial charge in [-0.25, -0.2) is 4.79 Å². The van der Waals surface area contributed by atoms with Crippen LogP contribution in [-0.2, 0) is 17.3 Å². The quantitative estimate of drug-likeness (QED) is 0.630. The lowest BCUT2D eigenvalue weighted by Gasteiger charge is -2.24. The van der Waals surface area contributed by atoms with Crippen LogP contribution in [0.2, 0.25) is 10.0 Å². The number of nitrogens with two attached hydrogens (primary N) is 1. The van der Waals surface area contributed by atoms with Gasteiger partial charge in [0, 0.05) is 22.7 Å². The summed E-state index contributed by atoms with van der Waals surface area (Å²) in [6.07, 6.45) is -2.51. The molecule has 0 radical (unpaired) electrons. The Hall–Kier alpha value is -2.58. The number of ether oxygens (including phenoxy) is 1. The molecule has 28 heavy (non-hydrogen) atoms. The Labute approximate surface area is 168 Å². The second-order valence-electron chi connectivity index (χ2n) is 5.92. The molecule has 1 aliphatic rings. The number of benzene rings is 2. The number of amides is 2. The number of anilines is 2. The van der Waals surface area contributed by atoms with Crippen molar-refractivity contribution >= 4 is 40.6 Å². The molecule has 5 nitrogen and oxygen atoms in total. The van der Waals surface area contributed by atoms with E-state index in [1.54, 1.807) is 18.2 Å². The van der Waals surface area contributed by atoms with E-state index in [1.807, 2.05) is 0 Å². The largest absolute Gasteiger partial charge is 0.476 e. The van der Waals surface area contributed by atoms with Crippen LogP contribution in [0.3, 0.4) is 0 Å². The molecule has 3 N–H and O–H groups in total. The van der Waals surface area contributed by atoms with E-state index in [0.717, 1.165) is 18.2 Å². The Balaban J connectivity index is 1.78. The van der Waals surface area contributed by atoms with Crippen LogP contribution in [0.1, 0.15) is 11.1 Å². The fourth-order valence-electron chi connectivity index (χ4n) is 2.62. The van der Waals surface area contributed by atoms with E-state index in [0.29, 0.717) is 15.6 Å². The standard InChI is InChI=1S/C18H14Cl2F3N3O2/c19-12-2-1-3-13(20)11(12)9-16-26(6-7-28-16)17(27)25-15-8-10(18(21,22)23)4-5-14(15)24/h1-8,16H,9,24H2,(H,25,27). The molecule has 0 fully saturated rings. The number of carbonyl (C=O) groups is 1. The molecule has 0 saturated heterocycles. The summed E-state index contributed by atoms with van der Waals surface area (Å²) < 4.78 is 44.1. The molecule has 1 heterocycles. The van der Waals surface area contributed by atoms with Gasteiger partial charge in [0.15, 0.2) is 6.23 Å². The van der Waals surface area contributed by atoms with Gasteiger partial charge < -0.3 is 15.8 Å². The highest BCUT2D eigenvalue weighted by Gasteiger charge is 2.32. The number of hydrogen-bond acceptors (Lipinski definition) is 3. The van der Waals surface area contributed by atoms with Gasteiger partial charge >= 0.3 is 12.2 Å². The van der Waals surface area contributed by atoms with Crippen LogP contribution in [0.25, 0.3) is 0 Å². The molecular formula is C18H14Cl2F3N3O2. The Morgan fingerprint density at radius 1 is 1.21 bits per heavy atom. The monoisotopic (exact) mass is 431 g/mol. The molecule has 3 rings (SSSR count). The van der Waals surface area contributed by atoms with Crippen LogP contribution in [0.5, 0.6) is 0 Å². The van der Waals surface area contributed by atoms with Crippen LogP contribution in [-0.4, -0.2) is 17.2 Å². The molecule has 0 saturated carbocycles. The van der Waals surface area contributed by atoms with Gasteiger partial charge in [0.2, 0.25) is 0 Å². The normalized spacial score (nSPS) is 16.2. The lowest BCUT2D eigenvalue weighted by molar-refractivity contribution is -0.137. The lowest BCUT2D eigenvalue weighted by Crippen LogP contribution is -2.38. The first kappa shape index (κ1) is 20.2. The van der Waals surface area contributed by atoms with E-state index in [9.17, 15) is 18.0 Å². The maximum absolute atomic E-state index is 12.9. The molecule has 2 amide bonds. The first-order chi connectivity index (χ1) is 13.2. The first-order valence-electron chi connectivity index (χ1n) is 7.98. The van der Waals surface area contributed by atoms with Crippen molar-refractivity contribution in [1.29, 1.82) is 0 Å². The minimum atomic E-state index is -4.56. The highest BCUT2D eigenvalue weighted by Crippen LogP contribution is 2.33. The molecule has 1 aliphatic heterocycles. The van der Waals surface area contributed by atoms with Crippen LogP contribution in [0, 0.1) is 0 Å². The summed E-state index contributed by atoms with van der Waals surface area (Å²) in [5, 5.41) is 3.19. The van der Waals surface area contributed by atoms with E-state index in [4.69, 9.17) is 33.7 Å². The Bertz CT molecular complexity index is 915. The molecule has 2 aromatic rings. The molecule has 2 aromatic carbocycles. The summed E-state index contributed by atoms with van der Waals surface area (Å²) in [7, 11) is 0. The van der Waals surface area contributed by atoms with E-state index in [-0.39, 0.29) is 17.8 Å². The average Bonchev–Trinajstić information content (AvgIpc) is 3.07. The number of nitrogens with one attached hydrogen (secondary N) is 1. The zero-order chi connectivity index (χ0) is 20.5. The molecular weight excluding hydrogens is 418 g/mol. The van der Waals surface area contributed by atoms with Gasteiger partial charge in [-0.05, 0) is 35.9 Å². The van der Waals surface area contributed by atoms with Crippen molar-refractivity contribution < 1.29 is 22.7 Å². The van der Waals surface area contributed by atoms with Crippen molar-refractivity contribution in [2.75, 3.05) is 11.1 Å². The third-order valence-corrected chi connectivity index (χ3v) is 4.77. The summed E-state index contributed by atoms with van der Waals surface area (Å²) >= 11 is 12.3. The van der Waals surface area contributed by atoms with E-state index < -0.39 is 24.0 Å². The highest BCUT2D eigenvalue weighted by atomic mass is 35.5. The molecule has 0 aromatic heterocycles. The summed E-state index contributed by atoms with van der Waals surface area (Å²) in [5.74, 6) is 0. The van der Waals surface area contributed by atoms with Crippen molar-refractivity contribution in [2.45, 2.75) is 18.8 Å². The predicted octanol–water partition coefficient (Wildman–Crippen LogP) is 5.50. The minimum Gasteiger partial charge on any atom is -0.476 e. The topological polar surface area (TPSA) is 67.6 Å². The summed E-state index contributed by atoms with van der Waals surface area (Å²) in [4.78, 5) is 13.8. The summed E-state index contributed by atoms with van der Waals surface area (Å²) in [6.45, 7) is 0. The SMILES string of the molecule is Nc1ccc(C(F)(F)F)cc1NC(=O)N1C=COC1Cc1c(Cl)cccc1Cl. The van der Waals surface area contributed by atoms with Crippen molar-refractivity contribution in [3.8, 4) is 0 Å². The van der Waals surface area contributed by atoms with Crippen molar-refractivity contribution in [2.24, 2.45) is 0 Å². The van der Waals surface area contributed by atoms with Crippen LogP contribution in [0.4, 0.5) is 29.3 Å². The van der Waals surface area contributed by atoms with E-state index in [1.165, 1.54) is 17.4 Å². The van der Waals surface area contributed by atoms with Gasteiger partial charge in [-0.15, -0.1) is 0 Å². The van der Waals surface area contributed by atoms with Gasteiger partial charge in [0.1, 0.15) is 6.26 Å². The number of alkyl halides is 3. The second-order valence-corrected chi connectivity index (χ2v) is 6.73. The number of carbonyl (C=O) groups excluding carboxylic acids is 1. The molecule has 148 valence electrons. The number of nitrogen functional groups attached to an aromatic ring is 1. The van der Waals surface area contributed by atoms with Gasteiger partial charge in [0.05, 0.1) is 16.9 Å². The molecule has 1 unspecified atom stereocenters. The van der Waals surface area contributed by atoms with Crippen molar-refractivity contribution in [1.82, 2.24) is 4.90 Å². The molecule has 1 atom stereocenters. The highest BCUT2D eigenvalue weighted by molar-refractivity contribution is 6.36. The van der Waals surface area contributed by atoms with Crippen LogP contribution < -0.4 is 11.1 Å². The minimum absolute atomic E-state index is 0.00357. The Morgan fingerprint density at radius 3 is 2.54 bits per heavy atom. The fraction of sp³-hybridized carbons (Fsp3) is 0.167. The van der Waals surface area contributed by atoms with Gasteiger partial charge in [0.25, 0.3) is 0 Å². The van der Waals surface area contributed by atoms with Gasteiger partial charge in [-0.1, -0.05) is 29.3 Å². The molecule has 0 aliphatic carbocycles. The molecule has 10 heteroatoms. The van der Waals surface area contributed by atoms with Crippen LogP contribution >= 0.6 is 23.2 Å². The number of nitrogens with zero attached hydrogens (tertiary/aromatic N) is 1. The smallest absolute Gasteiger partial charge is 0.416 e. The fourth-order valence-corrected chi connectivity index (χ4v) is 3.17. The van der Waals surface area contributed by atoms with Gasteiger partial charge in [-0.2, -0.15) is 13.2 Å². The predicted molar refractivity (Wildman–Crippen MR) is 101 cm³/mol. The second kappa shape index (κ2) is 7.81. The van der Waals surface area contributed by atoms with Gasteiger partial charge in [-0.3, -0.25) is 4.90 Å². The lowest BCUT2D eigenvalue weighted by atomic mass is 10.1. The first-order valence-corrected chi connectivity index (χ1v) is 8.73. The zero-order valence-electron chi connectivity index (χ0n) is 14.1. The third-order valence-electron chi connectivity index (χ3n) is 4.06. The number of hydrogen-bond donors (Lipinski definition) is 2. The number of urea groups is 1. The Kier molecular flexibility index (Phi) is 5.62.